The predicted octanol–water partition coefficient (Wildman–Crippen LogP) is 5.53. The number of nitro groups is 1. The zero-order chi connectivity index (χ0) is 23.6. The summed E-state index contributed by atoms with van der Waals surface area (Å²) < 4.78 is 39.5. The number of ether oxygens (including phenoxy) is 2. The van der Waals surface area contributed by atoms with Crippen LogP contribution in [0.5, 0.6) is 5.75 Å². The Kier molecular flexibility index (Phi) is 6.89. The molecule has 0 radical (unpaired) electrons. The number of aryl methyl sites for hydroxylation is 1. The van der Waals surface area contributed by atoms with Crippen LogP contribution in [0.3, 0.4) is 0 Å². The molecule has 170 valence electrons. The summed E-state index contributed by atoms with van der Waals surface area (Å²) in [4.78, 5) is 19.5. The minimum Gasteiger partial charge on any atom is -0.495 e. The van der Waals surface area contributed by atoms with Crippen LogP contribution in [0.1, 0.15) is 29.9 Å². The molecule has 0 spiro atoms. The molecule has 3 aromatic rings. The Balaban J connectivity index is 2.06. The molecule has 0 saturated heterocycles. The Morgan fingerprint density at radius 2 is 1.94 bits per heavy atom. The van der Waals surface area contributed by atoms with Gasteiger partial charge in [-0.2, -0.15) is 8.78 Å². The van der Waals surface area contributed by atoms with Gasteiger partial charge in [-0.3, -0.25) is 10.1 Å². The van der Waals surface area contributed by atoms with E-state index in [1.165, 1.54) is 12.1 Å². The molecule has 0 aliphatic heterocycles. The van der Waals surface area contributed by atoms with Gasteiger partial charge in [0, 0.05) is 36.3 Å². The third-order valence-electron chi connectivity index (χ3n) is 4.83. The van der Waals surface area contributed by atoms with Gasteiger partial charge in [0.1, 0.15) is 24.0 Å². The fourth-order valence-corrected chi connectivity index (χ4v) is 3.77. The number of methoxy groups -OCH3 is 2. The Morgan fingerprint density at radius 1 is 1.22 bits per heavy atom. The first-order chi connectivity index (χ1) is 15.1. The quantitative estimate of drug-likeness (QED) is 0.314. The van der Waals surface area contributed by atoms with Crippen molar-refractivity contribution in [2.24, 2.45) is 0 Å². The van der Waals surface area contributed by atoms with E-state index in [0.717, 1.165) is 13.2 Å². The van der Waals surface area contributed by atoms with Crippen molar-refractivity contribution in [2.45, 2.75) is 25.8 Å². The molecule has 0 aliphatic carbocycles. The Labute approximate surface area is 191 Å². The van der Waals surface area contributed by atoms with Gasteiger partial charge in [0.05, 0.1) is 28.1 Å². The highest BCUT2D eigenvalue weighted by Crippen LogP contribution is 2.36. The van der Waals surface area contributed by atoms with Crippen molar-refractivity contribution in [1.29, 1.82) is 0 Å². The number of fused-ring (bicyclic) bond motifs is 1. The van der Waals surface area contributed by atoms with Gasteiger partial charge in [-0.25, -0.2) is 9.97 Å². The van der Waals surface area contributed by atoms with Crippen LogP contribution in [0, 0.1) is 17.0 Å². The molecule has 1 aromatic heterocycles. The number of hydrogen-bond donors (Lipinski definition) is 1. The van der Waals surface area contributed by atoms with Crippen molar-refractivity contribution in [2.75, 3.05) is 26.1 Å². The van der Waals surface area contributed by atoms with Crippen molar-refractivity contribution in [3.8, 4) is 5.75 Å². The second kappa shape index (κ2) is 9.29. The number of non-ortho nitro benzene ring substituents is 1. The van der Waals surface area contributed by atoms with Gasteiger partial charge in [-0.05, 0) is 47.5 Å². The summed E-state index contributed by atoms with van der Waals surface area (Å²) in [7, 11) is 2.69. The molecule has 8 nitrogen and oxygen atoms in total. The molecule has 0 bridgehead atoms. The molecule has 1 heterocycles. The number of aromatic nitrogens is 2. The van der Waals surface area contributed by atoms with Crippen LogP contribution in [0.15, 0.2) is 34.8 Å². The monoisotopic (exact) mass is 510 g/mol. The Morgan fingerprint density at radius 3 is 2.56 bits per heavy atom. The lowest BCUT2D eigenvalue weighted by molar-refractivity contribution is -0.385. The lowest BCUT2D eigenvalue weighted by Crippen LogP contribution is -2.21. The molecule has 1 atom stereocenters. The first-order valence-electron chi connectivity index (χ1n) is 9.50. The number of nitrogens with one attached hydrogen (secondary N) is 1. The van der Waals surface area contributed by atoms with Crippen LogP contribution in [-0.4, -0.2) is 35.7 Å². The summed E-state index contributed by atoms with van der Waals surface area (Å²) in [6.07, 6.45) is 0. The van der Waals surface area contributed by atoms with E-state index in [1.54, 1.807) is 33.1 Å². The summed E-state index contributed by atoms with van der Waals surface area (Å²) in [6, 6.07) is 6.32. The smallest absolute Gasteiger partial charge is 0.296 e. The molecule has 0 unspecified atom stereocenters. The molecule has 0 amide bonds. The third-order valence-corrected chi connectivity index (χ3v) is 5.45. The van der Waals surface area contributed by atoms with Crippen LogP contribution in [0.2, 0.25) is 0 Å². The van der Waals surface area contributed by atoms with E-state index in [2.05, 4.69) is 36.0 Å². The Hall–Kier alpha value is -2.92. The first kappa shape index (κ1) is 23.7. The highest BCUT2D eigenvalue weighted by Gasteiger charge is 2.34. The maximum absolute atomic E-state index is 14.4. The molecule has 2 aromatic carbocycles. The number of alkyl halides is 2. The fourth-order valence-electron chi connectivity index (χ4n) is 3.27. The van der Waals surface area contributed by atoms with E-state index in [4.69, 9.17) is 4.74 Å². The van der Waals surface area contributed by atoms with Gasteiger partial charge < -0.3 is 14.8 Å². The number of benzene rings is 2. The summed E-state index contributed by atoms with van der Waals surface area (Å²) >= 11 is 3.43. The summed E-state index contributed by atoms with van der Waals surface area (Å²) in [5.74, 6) is -1.84. The molecular weight excluding hydrogens is 490 g/mol. The zero-order valence-electron chi connectivity index (χ0n) is 17.8. The second-order valence-electron chi connectivity index (χ2n) is 7.20. The van der Waals surface area contributed by atoms with Crippen LogP contribution in [0.4, 0.5) is 20.3 Å². The van der Waals surface area contributed by atoms with Gasteiger partial charge in [-0.1, -0.05) is 0 Å². The van der Waals surface area contributed by atoms with E-state index in [9.17, 15) is 18.9 Å². The molecule has 1 N–H and O–H groups in total. The van der Waals surface area contributed by atoms with E-state index in [-0.39, 0.29) is 0 Å². The molecule has 3 rings (SSSR count). The fraction of sp³-hybridized carbons (Fsp3) is 0.333. The topological polar surface area (TPSA) is 99.4 Å². The number of nitro benzene ring substituents is 1. The molecule has 0 aliphatic rings. The highest BCUT2D eigenvalue weighted by atomic mass is 79.9. The first-order valence-corrected chi connectivity index (χ1v) is 10.3. The number of anilines is 1. The van der Waals surface area contributed by atoms with E-state index >= 15 is 0 Å². The SMILES string of the molecule is COCC(F)(F)c1cc([C@@H](C)Nc2nc(C)nc3cc(OC)c(Br)cc23)cc([N+](=O)[O-])c1. The molecule has 0 fully saturated rings. The lowest BCUT2D eigenvalue weighted by Gasteiger charge is -2.20. The molecular formula is C21H21BrF2N4O4. The average molecular weight is 511 g/mol. The predicted molar refractivity (Wildman–Crippen MR) is 119 cm³/mol. The second-order valence-corrected chi connectivity index (χ2v) is 8.05. The van der Waals surface area contributed by atoms with Crippen molar-refractivity contribution >= 4 is 38.3 Å². The van der Waals surface area contributed by atoms with Crippen LogP contribution in [-0.2, 0) is 10.7 Å². The normalized spacial score (nSPS) is 12.6. The van der Waals surface area contributed by atoms with Crippen LogP contribution < -0.4 is 10.1 Å². The van der Waals surface area contributed by atoms with E-state index in [0.29, 0.717) is 38.3 Å². The highest BCUT2D eigenvalue weighted by molar-refractivity contribution is 9.10. The van der Waals surface area contributed by atoms with Gasteiger partial charge >= 0.3 is 0 Å². The molecule has 0 saturated carbocycles. The van der Waals surface area contributed by atoms with Gasteiger partial charge in [0.15, 0.2) is 0 Å². The van der Waals surface area contributed by atoms with Crippen molar-refractivity contribution in [3.05, 3.63) is 61.9 Å². The number of halogens is 3. The minimum absolute atomic E-state index is 0.307. The third kappa shape index (κ3) is 4.94. The van der Waals surface area contributed by atoms with E-state index < -0.39 is 34.7 Å². The Bertz CT molecular complexity index is 1180. The summed E-state index contributed by atoms with van der Waals surface area (Å²) in [5.41, 5.74) is 0.00659. The van der Waals surface area contributed by atoms with Crippen LogP contribution in [0.25, 0.3) is 10.9 Å². The van der Waals surface area contributed by atoms with Crippen molar-refractivity contribution in [3.63, 3.8) is 0 Å². The largest absolute Gasteiger partial charge is 0.495 e. The average Bonchev–Trinajstić information content (AvgIpc) is 2.73. The maximum atomic E-state index is 14.4. The van der Waals surface area contributed by atoms with Crippen molar-refractivity contribution < 1.29 is 23.2 Å². The molecule has 11 heteroatoms. The molecule has 32 heavy (non-hydrogen) atoms. The zero-order valence-corrected chi connectivity index (χ0v) is 19.4. The van der Waals surface area contributed by atoms with E-state index in [1.807, 2.05) is 0 Å². The van der Waals surface area contributed by atoms with Gasteiger partial charge in [-0.15, -0.1) is 0 Å². The lowest BCUT2D eigenvalue weighted by atomic mass is 10.00. The summed E-state index contributed by atoms with van der Waals surface area (Å²) in [6.45, 7) is 2.54. The number of hydrogen-bond acceptors (Lipinski definition) is 7. The standard InChI is InChI=1S/C21H21BrF2N4O4/c1-11(13-5-14(21(23,24)10-31-3)7-15(6-13)28(29)30)25-20-16-8-17(22)19(32-4)9-18(16)26-12(2)27-20/h5-9,11H,10H2,1-4H3,(H,25,26,27)/t11-/m1/s1. The van der Waals surface area contributed by atoms with Gasteiger partial charge in [0.2, 0.25) is 0 Å². The van der Waals surface area contributed by atoms with Crippen LogP contribution >= 0.6 is 15.9 Å². The van der Waals surface area contributed by atoms with Gasteiger partial charge in [0.25, 0.3) is 11.6 Å². The van der Waals surface area contributed by atoms with Crippen molar-refractivity contribution in [1.82, 2.24) is 9.97 Å². The maximum Gasteiger partial charge on any atom is 0.296 e. The number of nitrogens with zero attached hydrogens (tertiary/aromatic N) is 3. The number of rotatable bonds is 8. The summed E-state index contributed by atoms with van der Waals surface area (Å²) in [5, 5.41) is 15.2. The minimum atomic E-state index is -3.38.